The lowest BCUT2D eigenvalue weighted by Gasteiger charge is -2.29. The fraction of sp³-hybridized carbons (Fsp3) is 0.250. The van der Waals surface area contributed by atoms with E-state index in [1.165, 1.54) is 0 Å². The van der Waals surface area contributed by atoms with Gasteiger partial charge in [-0.15, -0.1) is 0 Å². The summed E-state index contributed by atoms with van der Waals surface area (Å²) in [7, 11) is 0. The Morgan fingerprint density at radius 2 is 1.51 bits per heavy atom. The highest BCUT2D eigenvalue weighted by Gasteiger charge is 2.22. The zero-order chi connectivity index (χ0) is 25.0. The Morgan fingerprint density at radius 3 is 2.14 bits per heavy atom. The molecule has 7 heteroatoms. The van der Waals surface area contributed by atoms with E-state index < -0.39 is 5.97 Å². The van der Waals surface area contributed by atoms with E-state index in [1.807, 2.05) is 67.6 Å². The fourth-order valence-corrected chi connectivity index (χ4v) is 3.59. The molecule has 3 amide bonds. The molecule has 0 aliphatic carbocycles. The van der Waals surface area contributed by atoms with Gasteiger partial charge in [0.05, 0.1) is 18.2 Å². The maximum absolute atomic E-state index is 13.2. The van der Waals surface area contributed by atoms with Crippen LogP contribution in [0.1, 0.15) is 47.8 Å². The van der Waals surface area contributed by atoms with Crippen LogP contribution < -0.4 is 10.6 Å². The largest absolute Gasteiger partial charge is 0.462 e. The molecular weight excluding hydrogens is 442 g/mol. The number of hydrogen-bond donors (Lipinski definition) is 2. The Labute approximate surface area is 206 Å². The topological polar surface area (TPSA) is 87.7 Å². The highest BCUT2D eigenvalue weighted by atomic mass is 16.5. The van der Waals surface area contributed by atoms with Crippen molar-refractivity contribution in [2.75, 3.05) is 18.5 Å². The first-order valence-corrected chi connectivity index (χ1v) is 11.7. The van der Waals surface area contributed by atoms with Crippen molar-refractivity contribution in [3.63, 3.8) is 0 Å². The smallest absolute Gasteiger partial charge is 0.338 e. The lowest BCUT2D eigenvalue weighted by Crippen LogP contribution is -2.39. The number of esters is 1. The van der Waals surface area contributed by atoms with Crippen molar-refractivity contribution in [2.24, 2.45) is 0 Å². The van der Waals surface area contributed by atoms with Gasteiger partial charge in [0.15, 0.2) is 0 Å². The van der Waals surface area contributed by atoms with Crippen LogP contribution in [-0.4, -0.2) is 36.0 Å². The second-order valence-electron chi connectivity index (χ2n) is 8.02. The third kappa shape index (κ3) is 7.71. The maximum atomic E-state index is 13.2. The van der Waals surface area contributed by atoms with Crippen molar-refractivity contribution < 1.29 is 19.1 Å². The fourth-order valence-electron chi connectivity index (χ4n) is 3.59. The van der Waals surface area contributed by atoms with Crippen LogP contribution in [0.15, 0.2) is 84.9 Å². The predicted octanol–water partition coefficient (Wildman–Crippen LogP) is 5.16. The number of amides is 3. The van der Waals surface area contributed by atoms with Gasteiger partial charge in [-0.25, -0.2) is 9.59 Å². The molecule has 3 aromatic rings. The van der Waals surface area contributed by atoms with Crippen molar-refractivity contribution in [2.45, 2.75) is 32.9 Å². The standard InChI is InChI=1S/C28H31N3O4/c1-3-35-27(33)24-14-16-25(17-15-24)30-28(34)31(21(2)23-12-8-5-9-13-23)19-18-26(32)29-20-22-10-6-4-7-11-22/h4-17,21H,3,18-20H2,1-2H3,(H,29,32)(H,30,34). The van der Waals surface area contributed by atoms with Crippen LogP contribution in [0, 0.1) is 0 Å². The first-order chi connectivity index (χ1) is 17.0. The number of carbonyl (C=O) groups is 3. The molecule has 0 radical (unpaired) electrons. The number of nitrogens with one attached hydrogen (secondary N) is 2. The number of nitrogens with zero attached hydrogens (tertiary/aromatic N) is 1. The van der Waals surface area contributed by atoms with E-state index in [1.54, 1.807) is 36.1 Å². The molecular formula is C28H31N3O4. The van der Waals surface area contributed by atoms with Gasteiger partial charge in [0, 0.05) is 25.2 Å². The minimum Gasteiger partial charge on any atom is -0.462 e. The number of urea groups is 1. The number of hydrogen-bond acceptors (Lipinski definition) is 4. The van der Waals surface area contributed by atoms with E-state index in [9.17, 15) is 14.4 Å². The summed E-state index contributed by atoms with van der Waals surface area (Å²) in [6, 6.07) is 25.3. The Balaban J connectivity index is 1.66. The number of anilines is 1. The molecule has 3 rings (SSSR count). The summed E-state index contributed by atoms with van der Waals surface area (Å²) in [5.41, 5.74) is 2.93. The first-order valence-electron chi connectivity index (χ1n) is 11.7. The normalized spacial score (nSPS) is 11.3. The lowest BCUT2D eigenvalue weighted by atomic mass is 10.1. The average molecular weight is 474 g/mol. The van der Waals surface area contributed by atoms with Gasteiger partial charge in [-0.3, -0.25) is 4.79 Å². The minimum atomic E-state index is -0.411. The molecule has 0 heterocycles. The summed E-state index contributed by atoms with van der Waals surface area (Å²) in [5.74, 6) is -0.545. The molecule has 0 bridgehead atoms. The molecule has 0 saturated carbocycles. The van der Waals surface area contributed by atoms with Gasteiger partial charge in [-0.05, 0) is 49.2 Å². The van der Waals surface area contributed by atoms with Crippen LogP contribution in [0.2, 0.25) is 0 Å². The summed E-state index contributed by atoms with van der Waals surface area (Å²) < 4.78 is 5.00. The van der Waals surface area contributed by atoms with Crippen molar-refractivity contribution in [1.82, 2.24) is 10.2 Å². The molecule has 35 heavy (non-hydrogen) atoms. The molecule has 0 aliphatic heterocycles. The van der Waals surface area contributed by atoms with Gasteiger partial charge in [0.25, 0.3) is 0 Å². The highest BCUT2D eigenvalue weighted by molar-refractivity contribution is 5.92. The third-order valence-corrected chi connectivity index (χ3v) is 5.57. The predicted molar refractivity (Wildman–Crippen MR) is 136 cm³/mol. The number of rotatable bonds is 10. The summed E-state index contributed by atoms with van der Waals surface area (Å²) in [6.07, 6.45) is 0.166. The Bertz CT molecular complexity index is 1100. The van der Waals surface area contributed by atoms with Gasteiger partial charge in [0.2, 0.25) is 5.91 Å². The van der Waals surface area contributed by atoms with Crippen LogP contribution >= 0.6 is 0 Å². The molecule has 0 fully saturated rings. The van der Waals surface area contributed by atoms with E-state index in [2.05, 4.69) is 10.6 Å². The second kappa shape index (κ2) is 12.9. The van der Waals surface area contributed by atoms with Crippen molar-refractivity contribution in [3.8, 4) is 0 Å². The average Bonchev–Trinajstić information content (AvgIpc) is 2.89. The van der Waals surface area contributed by atoms with Gasteiger partial charge < -0.3 is 20.3 Å². The van der Waals surface area contributed by atoms with Crippen LogP contribution in [-0.2, 0) is 16.1 Å². The Hall–Kier alpha value is -4.13. The molecule has 0 saturated heterocycles. The molecule has 0 aliphatic rings. The molecule has 1 atom stereocenters. The SMILES string of the molecule is CCOC(=O)c1ccc(NC(=O)N(CCC(=O)NCc2ccccc2)C(C)c2ccccc2)cc1. The number of benzene rings is 3. The zero-order valence-corrected chi connectivity index (χ0v) is 20.1. The maximum Gasteiger partial charge on any atom is 0.338 e. The van der Waals surface area contributed by atoms with Crippen molar-refractivity contribution in [3.05, 3.63) is 102 Å². The first kappa shape index (κ1) is 25.5. The quantitative estimate of drug-likeness (QED) is 0.398. The van der Waals surface area contributed by atoms with E-state index in [4.69, 9.17) is 4.74 Å². The molecule has 2 N–H and O–H groups in total. The summed E-state index contributed by atoms with van der Waals surface area (Å²) in [5, 5.41) is 5.78. The Kier molecular flexibility index (Phi) is 9.42. The van der Waals surface area contributed by atoms with Gasteiger partial charge >= 0.3 is 12.0 Å². The van der Waals surface area contributed by atoms with Crippen LogP contribution in [0.4, 0.5) is 10.5 Å². The Morgan fingerprint density at radius 1 is 0.886 bits per heavy atom. The van der Waals surface area contributed by atoms with Gasteiger partial charge in [-0.2, -0.15) is 0 Å². The molecule has 0 aromatic heterocycles. The molecule has 7 nitrogen and oxygen atoms in total. The van der Waals surface area contributed by atoms with Gasteiger partial charge in [0.1, 0.15) is 0 Å². The van der Waals surface area contributed by atoms with Crippen LogP contribution in [0.3, 0.4) is 0 Å². The van der Waals surface area contributed by atoms with Crippen LogP contribution in [0.5, 0.6) is 0 Å². The van der Waals surface area contributed by atoms with E-state index >= 15 is 0 Å². The third-order valence-electron chi connectivity index (χ3n) is 5.57. The van der Waals surface area contributed by atoms with Crippen molar-refractivity contribution >= 4 is 23.6 Å². The summed E-state index contributed by atoms with van der Waals surface area (Å²) in [4.78, 5) is 39.2. The zero-order valence-electron chi connectivity index (χ0n) is 20.1. The molecule has 182 valence electrons. The van der Waals surface area contributed by atoms with E-state index in [0.29, 0.717) is 24.4 Å². The summed E-state index contributed by atoms with van der Waals surface area (Å²) >= 11 is 0. The minimum absolute atomic E-state index is 0.134. The lowest BCUT2D eigenvalue weighted by molar-refractivity contribution is -0.121. The molecule has 3 aromatic carbocycles. The van der Waals surface area contributed by atoms with Gasteiger partial charge in [-0.1, -0.05) is 60.7 Å². The summed E-state index contributed by atoms with van der Waals surface area (Å²) in [6.45, 7) is 4.65. The molecule has 1 unspecified atom stereocenters. The number of ether oxygens (including phenoxy) is 1. The van der Waals surface area contributed by atoms with E-state index in [-0.39, 0.29) is 30.9 Å². The monoisotopic (exact) mass is 473 g/mol. The number of carbonyl (C=O) groups excluding carboxylic acids is 3. The van der Waals surface area contributed by atoms with Crippen molar-refractivity contribution in [1.29, 1.82) is 0 Å². The van der Waals surface area contributed by atoms with Crippen LogP contribution in [0.25, 0.3) is 0 Å². The van der Waals surface area contributed by atoms with E-state index in [0.717, 1.165) is 11.1 Å². The highest BCUT2D eigenvalue weighted by Crippen LogP contribution is 2.22. The second-order valence-corrected chi connectivity index (χ2v) is 8.02. The molecule has 0 spiro atoms.